The predicted octanol–water partition coefficient (Wildman–Crippen LogP) is 3.88. The lowest BCUT2D eigenvalue weighted by Crippen LogP contribution is -2.52. The van der Waals surface area contributed by atoms with Crippen LogP contribution in [0.15, 0.2) is 48.5 Å². The van der Waals surface area contributed by atoms with E-state index in [1.165, 1.54) is 0 Å². The Labute approximate surface area is 174 Å². The van der Waals surface area contributed by atoms with Gasteiger partial charge in [0.25, 0.3) is 0 Å². The van der Waals surface area contributed by atoms with Crippen molar-refractivity contribution >= 4 is 11.8 Å². The maximum absolute atomic E-state index is 13.2. The van der Waals surface area contributed by atoms with Crippen molar-refractivity contribution in [2.75, 3.05) is 7.11 Å². The summed E-state index contributed by atoms with van der Waals surface area (Å²) in [5.74, 6) is 0.511. The molecule has 0 saturated heterocycles. The van der Waals surface area contributed by atoms with Gasteiger partial charge < -0.3 is 15.0 Å². The number of aryl methyl sites for hydroxylation is 1. The molecule has 1 atom stereocenters. The number of ether oxygens (including phenoxy) is 1. The molecule has 2 aromatic carbocycles. The van der Waals surface area contributed by atoms with E-state index in [9.17, 15) is 9.59 Å². The summed E-state index contributed by atoms with van der Waals surface area (Å²) in [4.78, 5) is 27.6. The van der Waals surface area contributed by atoms with Crippen LogP contribution in [0.5, 0.6) is 5.75 Å². The zero-order valence-electron chi connectivity index (χ0n) is 18.3. The lowest BCUT2D eigenvalue weighted by Gasteiger charge is -2.31. The first-order valence-corrected chi connectivity index (χ1v) is 9.89. The molecule has 0 spiro atoms. The topological polar surface area (TPSA) is 58.6 Å². The van der Waals surface area contributed by atoms with E-state index in [1.807, 2.05) is 76.2 Å². The van der Waals surface area contributed by atoms with E-state index < -0.39 is 6.04 Å². The van der Waals surface area contributed by atoms with E-state index in [1.54, 1.807) is 18.9 Å². The lowest BCUT2D eigenvalue weighted by molar-refractivity contribution is -0.140. The van der Waals surface area contributed by atoms with Gasteiger partial charge in [0.15, 0.2) is 0 Å². The van der Waals surface area contributed by atoms with Crippen molar-refractivity contribution in [1.29, 1.82) is 0 Å². The number of hydrogen-bond acceptors (Lipinski definition) is 3. The van der Waals surface area contributed by atoms with Crippen molar-refractivity contribution in [2.24, 2.45) is 0 Å². The molecule has 0 heterocycles. The average molecular weight is 397 g/mol. The first kappa shape index (κ1) is 22.5. The first-order valence-electron chi connectivity index (χ1n) is 9.89. The van der Waals surface area contributed by atoms with E-state index in [0.717, 1.165) is 22.4 Å². The van der Waals surface area contributed by atoms with Crippen LogP contribution in [-0.4, -0.2) is 35.4 Å². The normalized spacial score (nSPS) is 12.2. The summed E-state index contributed by atoms with van der Waals surface area (Å²) >= 11 is 0. The Balaban J connectivity index is 2.25. The minimum atomic E-state index is -0.589. The highest BCUT2D eigenvalue weighted by atomic mass is 16.5. The van der Waals surface area contributed by atoms with Crippen molar-refractivity contribution in [3.05, 3.63) is 65.2 Å². The van der Waals surface area contributed by atoms with Crippen LogP contribution >= 0.6 is 0 Å². The van der Waals surface area contributed by atoms with Crippen LogP contribution in [0.2, 0.25) is 0 Å². The van der Waals surface area contributed by atoms with Gasteiger partial charge in [-0.25, -0.2) is 0 Å². The quantitative estimate of drug-likeness (QED) is 0.773. The Hall–Kier alpha value is -2.82. The van der Waals surface area contributed by atoms with Gasteiger partial charge in [0.2, 0.25) is 11.8 Å². The largest absolute Gasteiger partial charge is 0.497 e. The third-order valence-corrected chi connectivity index (χ3v) is 4.62. The van der Waals surface area contributed by atoms with Gasteiger partial charge in [0.05, 0.1) is 13.5 Å². The van der Waals surface area contributed by atoms with Crippen LogP contribution in [0.25, 0.3) is 0 Å². The number of carbonyl (C=O) groups excluding carboxylic acids is 2. The minimum absolute atomic E-state index is 0.0806. The van der Waals surface area contributed by atoms with Crippen LogP contribution in [0.4, 0.5) is 0 Å². The summed E-state index contributed by atoms with van der Waals surface area (Å²) in [6, 6.07) is 14.9. The van der Waals surface area contributed by atoms with Gasteiger partial charge in [-0.05, 0) is 57.9 Å². The number of rotatable bonds is 7. The van der Waals surface area contributed by atoms with Gasteiger partial charge in [-0.1, -0.05) is 42.0 Å². The van der Waals surface area contributed by atoms with Gasteiger partial charge in [0, 0.05) is 12.1 Å². The number of nitrogens with zero attached hydrogens (tertiary/aromatic N) is 1. The fourth-order valence-corrected chi connectivity index (χ4v) is 3.08. The second kappa shape index (κ2) is 9.59. The Morgan fingerprint density at radius 1 is 1.07 bits per heavy atom. The van der Waals surface area contributed by atoms with Gasteiger partial charge in [-0.2, -0.15) is 0 Å². The molecule has 0 fully saturated rings. The smallest absolute Gasteiger partial charge is 0.242 e. The average Bonchev–Trinajstić information content (AvgIpc) is 2.64. The molecular weight excluding hydrogens is 364 g/mol. The third-order valence-electron chi connectivity index (χ3n) is 4.62. The van der Waals surface area contributed by atoms with Gasteiger partial charge in [-0.3, -0.25) is 9.59 Å². The molecule has 0 aliphatic carbocycles. The van der Waals surface area contributed by atoms with Gasteiger partial charge in [0.1, 0.15) is 11.8 Å². The molecule has 156 valence electrons. The molecule has 2 amide bonds. The summed E-state index contributed by atoms with van der Waals surface area (Å²) in [6.07, 6.45) is 0.255. The number of amides is 2. The standard InChI is InChI=1S/C24H32N2O3/c1-17-8-7-9-20(14-17)15-22(27)26(18(2)23(28)25-24(3,4)5)16-19-10-12-21(29-6)13-11-19/h7-14,18H,15-16H2,1-6H3,(H,25,28)/t18-/m0/s1. The minimum Gasteiger partial charge on any atom is -0.497 e. The number of benzene rings is 2. The Morgan fingerprint density at radius 2 is 1.72 bits per heavy atom. The van der Waals surface area contributed by atoms with Crippen LogP contribution < -0.4 is 10.1 Å². The zero-order valence-corrected chi connectivity index (χ0v) is 18.3. The Bertz CT molecular complexity index is 838. The van der Waals surface area contributed by atoms with Crippen molar-refractivity contribution in [3.8, 4) is 5.75 Å². The molecule has 5 nitrogen and oxygen atoms in total. The second-order valence-corrected chi connectivity index (χ2v) is 8.45. The predicted molar refractivity (Wildman–Crippen MR) is 116 cm³/mol. The molecule has 0 saturated carbocycles. The number of hydrogen-bond donors (Lipinski definition) is 1. The van der Waals surface area contributed by atoms with Gasteiger partial charge >= 0.3 is 0 Å². The molecule has 0 unspecified atom stereocenters. The number of carbonyl (C=O) groups is 2. The van der Waals surface area contributed by atoms with Crippen LogP contribution in [0.1, 0.15) is 44.4 Å². The molecule has 0 aromatic heterocycles. The van der Waals surface area contributed by atoms with E-state index >= 15 is 0 Å². The SMILES string of the molecule is COc1ccc(CN(C(=O)Cc2cccc(C)c2)[C@@H](C)C(=O)NC(C)(C)C)cc1. The molecule has 1 N–H and O–H groups in total. The van der Waals surface area contributed by atoms with Crippen molar-refractivity contribution < 1.29 is 14.3 Å². The molecule has 0 aliphatic rings. The monoisotopic (exact) mass is 396 g/mol. The summed E-state index contributed by atoms with van der Waals surface area (Å²) in [7, 11) is 1.62. The number of methoxy groups -OCH3 is 1. The van der Waals surface area contributed by atoms with Crippen molar-refractivity contribution in [3.63, 3.8) is 0 Å². The summed E-state index contributed by atoms with van der Waals surface area (Å²) in [5, 5.41) is 2.98. The molecule has 0 bridgehead atoms. The lowest BCUT2D eigenvalue weighted by atomic mass is 10.1. The van der Waals surface area contributed by atoms with Crippen LogP contribution in [0, 0.1) is 6.92 Å². The Morgan fingerprint density at radius 3 is 2.28 bits per heavy atom. The zero-order chi connectivity index (χ0) is 21.6. The van der Waals surface area contributed by atoms with Crippen molar-refractivity contribution in [2.45, 2.75) is 59.2 Å². The molecule has 2 aromatic rings. The molecule has 0 radical (unpaired) electrons. The van der Waals surface area contributed by atoms with Crippen LogP contribution in [0.3, 0.4) is 0 Å². The molecule has 5 heteroatoms. The highest BCUT2D eigenvalue weighted by Crippen LogP contribution is 2.17. The molecule has 0 aliphatic heterocycles. The summed E-state index contributed by atoms with van der Waals surface area (Å²) < 4.78 is 5.21. The Kier molecular flexibility index (Phi) is 7.43. The maximum atomic E-state index is 13.2. The van der Waals surface area contributed by atoms with E-state index in [2.05, 4.69) is 5.32 Å². The highest BCUT2D eigenvalue weighted by Gasteiger charge is 2.28. The maximum Gasteiger partial charge on any atom is 0.242 e. The molecular formula is C24H32N2O3. The van der Waals surface area contributed by atoms with Crippen LogP contribution in [-0.2, 0) is 22.6 Å². The highest BCUT2D eigenvalue weighted by molar-refractivity contribution is 5.88. The fourth-order valence-electron chi connectivity index (χ4n) is 3.08. The van der Waals surface area contributed by atoms with Gasteiger partial charge in [-0.15, -0.1) is 0 Å². The number of nitrogens with one attached hydrogen (secondary N) is 1. The molecule has 2 rings (SSSR count). The first-order chi connectivity index (χ1) is 13.6. The van der Waals surface area contributed by atoms with Crippen molar-refractivity contribution in [1.82, 2.24) is 10.2 Å². The fraction of sp³-hybridized carbons (Fsp3) is 0.417. The summed E-state index contributed by atoms with van der Waals surface area (Å²) in [5.41, 5.74) is 2.63. The summed E-state index contributed by atoms with van der Waals surface area (Å²) in [6.45, 7) is 9.93. The van der Waals surface area contributed by atoms with E-state index in [4.69, 9.17) is 4.74 Å². The van der Waals surface area contributed by atoms with E-state index in [0.29, 0.717) is 6.54 Å². The van der Waals surface area contributed by atoms with E-state index in [-0.39, 0.29) is 23.8 Å². The second-order valence-electron chi connectivity index (χ2n) is 8.45. The third kappa shape index (κ3) is 6.93. The molecule has 29 heavy (non-hydrogen) atoms.